The van der Waals surface area contributed by atoms with Gasteiger partial charge in [-0.15, -0.1) is 0 Å². The number of halogens is 1. The average molecular weight is 376 g/mol. The van der Waals surface area contributed by atoms with Gasteiger partial charge in [-0.1, -0.05) is 30.3 Å². The number of benzene rings is 1. The van der Waals surface area contributed by atoms with Crippen LogP contribution in [-0.2, 0) is 5.41 Å². The van der Waals surface area contributed by atoms with Crippen molar-refractivity contribution >= 4 is 0 Å². The first-order valence-electron chi connectivity index (χ1n) is 8.98. The molecule has 0 radical (unpaired) electrons. The topological polar surface area (TPSA) is 61.2 Å². The summed E-state index contributed by atoms with van der Waals surface area (Å²) in [6.45, 7) is 0. The maximum Gasteiger partial charge on any atom is 0.190 e. The van der Waals surface area contributed by atoms with Gasteiger partial charge in [0, 0.05) is 48.9 Å². The third-order valence-electron chi connectivity index (χ3n) is 6.07. The summed E-state index contributed by atoms with van der Waals surface area (Å²) in [7, 11) is 0. The van der Waals surface area contributed by atoms with Crippen molar-refractivity contribution in [2.75, 3.05) is 0 Å². The number of fused-ring (bicyclic) bond motifs is 1. The van der Waals surface area contributed by atoms with Crippen molar-refractivity contribution in [2.24, 2.45) is 0 Å². The number of hydrogen-bond acceptors (Lipinski definition) is 2. The number of hydrogen-bond donors (Lipinski definition) is 2. The Morgan fingerprint density at radius 1 is 0.889 bits per heavy atom. The van der Waals surface area contributed by atoms with Crippen LogP contribution in [0, 0.1) is 0 Å². The molecule has 27 heavy (non-hydrogen) atoms. The van der Waals surface area contributed by atoms with Crippen molar-refractivity contribution in [3.05, 3.63) is 102 Å². The number of H-pyrrole nitrogens is 2. The molecule has 1 aromatic carbocycles. The van der Waals surface area contributed by atoms with E-state index in [4.69, 9.17) is 9.97 Å². The van der Waals surface area contributed by atoms with Crippen LogP contribution in [0.1, 0.15) is 46.9 Å². The van der Waals surface area contributed by atoms with E-state index in [0.29, 0.717) is 0 Å². The van der Waals surface area contributed by atoms with Crippen LogP contribution < -0.4 is 17.0 Å². The Bertz CT molecular complexity index is 1010. The van der Waals surface area contributed by atoms with Crippen LogP contribution in [0.15, 0.2) is 73.4 Å². The summed E-state index contributed by atoms with van der Waals surface area (Å²) >= 11 is 0. The van der Waals surface area contributed by atoms with Crippen LogP contribution in [0.25, 0.3) is 0 Å². The maximum atomic E-state index is 4.71. The number of pyridine rings is 1. The summed E-state index contributed by atoms with van der Waals surface area (Å²) in [6, 6.07) is 15.6. The number of nitrogens with one attached hydrogen (secondary N) is 2. The highest BCUT2D eigenvalue weighted by Crippen LogP contribution is 2.57. The van der Waals surface area contributed by atoms with Gasteiger partial charge >= 0.3 is 0 Å². The zero-order valence-corrected chi connectivity index (χ0v) is 15.3. The monoisotopic (exact) mass is 375 g/mol. The molecule has 3 aliphatic rings. The molecule has 0 unspecified atom stereocenters. The van der Waals surface area contributed by atoms with E-state index in [0.717, 1.165) is 18.1 Å². The highest BCUT2D eigenvalue weighted by atomic mass is 35.5. The highest BCUT2D eigenvalue weighted by molar-refractivity contribution is 5.50. The van der Waals surface area contributed by atoms with Gasteiger partial charge in [-0.05, 0) is 5.56 Å². The molecule has 0 spiro atoms. The zero-order chi connectivity index (χ0) is 17.1. The van der Waals surface area contributed by atoms with Crippen molar-refractivity contribution in [1.82, 2.24) is 19.9 Å². The SMILES string of the molecule is [Cl-].c1ccc2c(c1)[C@H]1c3cccc[n+]3[C@@H]2CC1(c1ncc[nH]1)c1ncc[nH]1. The first kappa shape index (κ1) is 16.3. The van der Waals surface area contributed by atoms with Gasteiger partial charge in [0.1, 0.15) is 17.1 Å². The summed E-state index contributed by atoms with van der Waals surface area (Å²) < 4.78 is 2.43. The third-order valence-corrected chi connectivity index (χ3v) is 6.07. The van der Waals surface area contributed by atoms with E-state index in [-0.39, 0.29) is 29.8 Å². The van der Waals surface area contributed by atoms with Gasteiger partial charge in [-0.2, -0.15) is 4.57 Å². The molecular weight excluding hydrogens is 358 g/mol. The molecule has 3 aromatic heterocycles. The molecule has 2 atom stereocenters. The molecule has 0 fully saturated rings. The van der Waals surface area contributed by atoms with Crippen LogP contribution in [0.5, 0.6) is 0 Å². The van der Waals surface area contributed by atoms with Gasteiger partial charge in [-0.3, -0.25) is 0 Å². The van der Waals surface area contributed by atoms with Crippen molar-refractivity contribution in [1.29, 1.82) is 0 Å². The van der Waals surface area contributed by atoms with E-state index in [1.165, 1.54) is 16.8 Å². The quantitative estimate of drug-likeness (QED) is 0.479. The molecule has 1 aliphatic carbocycles. The van der Waals surface area contributed by atoms with Crippen molar-refractivity contribution in [3.8, 4) is 0 Å². The van der Waals surface area contributed by atoms with Crippen molar-refractivity contribution < 1.29 is 17.0 Å². The van der Waals surface area contributed by atoms with Gasteiger partial charge in [-0.25, -0.2) is 9.97 Å². The third kappa shape index (κ3) is 1.97. The largest absolute Gasteiger partial charge is 1.00 e. The average Bonchev–Trinajstić information content (AvgIpc) is 3.42. The zero-order valence-electron chi connectivity index (χ0n) is 14.5. The van der Waals surface area contributed by atoms with E-state index in [1.807, 2.05) is 24.8 Å². The Kier molecular flexibility index (Phi) is 3.49. The Morgan fingerprint density at radius 2 is 1.56 bits per heavy atom. The smallest absolute Gasteiger partial charge is 0.190 e. The van der Waals surface area contributed by atoms with E-state index in [9.17, 15) is 0 Å². The lowest BCUT2D eigenvalue weighted by Gasteiger charge is -2.46. The second-order valence-electron chi connectivity index (χ2n) is 7.16. The van der Waals surface area contributed by atoms with Crippen LogP contribution in [0.3, 0.4) is 0 Å². The van der Waals surface area contributed by atoms with Crippen LogP contribution >= 0.6 is 0 Å². The number of nitrogens with zero attached hydrogens (tertiary/aromatic N) is 3. The molecule has 0 saturated heterocycles. The van der Waals surface area contributed by atoms with Gasteiger partial charge < -0.3 is 22.4 Å². The molecule has 2 aliphatic heterocycles. The van der Waals surface area contributed by atoms with Gasteiger partial charge in [0.2, 0.25) is 0 Å². The molecule has 5 heterocycles. The highest BCUT2D eigenvalue weighted by Gasteiger charge is 2.61. The van der Waals surface area contributed by atoms with E-state index in [2.05, 4.69) is 63.2 Å². The molecule has 2 N–H and O–H groups in total. The summed E-state index contributed by atoms with van der Waals surface area (Å²) in [5.74, 6) is 2.11. The maximum absolute atomic E-state index is 4.71. The lowest BCUT2D eigenvalue weighted by molar-refractivity contribution is -0.732. The molecule has 7 rings (SSSR count). The number of aromatic amines is 2. The van der Waals surface area contributed by atoms with Gasteiger partial charge in [0.15, 0.2) is 17.9 Å². The predicted molar refractivity (Wildman–Crippen MR) is 95.6 cm³/mol. The fraction of sp³-hybridized carbons (Fsp3) is 0.190. The van der Waals surface area contributed by atoms with Crippen LogP contribution in [-0.4, -0.2) is 19.9 Å². The summed E-state index contributed by atoms with van der Waals surface area (Å²) in [5, 5.41) is 0. The van der Waals surface area contributed by atoms with Gasteiger partial charge in [0.05, 0.1) is 5.92 Å². The van der Waals surface area contributed by atoms with E-state index < -0.39 is 0 Å². The van der Waals surface area contributed by atoms with E-state index >= 15 is 0 Å². The first-order valence-corrected chi connectivity index (χ1v) is 8.98. The Balaban J connectivity index is 0.00000160. The lowest BCUT2D eigenvalue weighted by Crippen LogP contribution is -3.00. The van der Waals surface area contributed by atoms with Crippen molar-refractivity contribution in [3.63, 3.8) is 0 Å². The fourth-order valence-corrected chi connectivity index (χ4v) is 5.13. The fourth-order valence-electron chi connectivity index (χ4n) is 5.13. The molecule has 6 heteroatoms. The number of aromatic nitrogens is 5. The van der Waals surface area contributed by atoms with Crippen molar-refractivity contribution in [2.45, 2.75) is 23.8 Å². The normalized spacial score (nSPS) is 21.2. The predicted octanol–water partition coefficient (Wildman–Crippen LogP) is -0.151. The Labute approximate surface area is 162 Å². The first-order chi connectivity index (χ1) is 12.9. The Hall–Kier alpha value is -2.92. The minimum atomic E-state index is -0.326. The Morgan fingerprint density at radius 3 is 2.22 bits per heavy atom. The molecular formula is C21H18ClN5. The number of rotatable bonds is 2. The lowest BCUT2D eigenvalue weighted by atomic mass is 9.57. The number of imidazole rings is 2. The second kappa shape index (κ2) is 5.79. The minimum absolute atomic E-state index is 0. The molecule has 0 saturated carbocycles. The van der Waals surface area contributed by atoms with Gasteiger partial charge in [0.25, 0.3) is 0 Å². The summed E-state index contributed by atoms with van der Waals surface area (Å²) in [4.78, 5) is 16.2. The van der Waals surface area contributed by atoms with Crippen LogP contribution in [0.2, 0.25) is 0 Å². The van der Waals surface area contributed by atoms with E-state index in [1.54, 1.807) is 0 Å². The molecule has 134 valence electrons. The standard InChI is InChI=1S/C21H18N5.ClH/c1-2-6-15-14(5-1)17-13-21(19-22-8-9-23-19,20-24-10-11-25-20)18(15)16-7-3-4-12-26(16)17;/h1-12,17-18H,13H2,(H,22,23)(H,24,25);1H/q+1;/p-1/t17-,18+;/m1./s1. The summed E-state index contributed by atoms with van der Waals surface area (Å²) in [6.07, 6.45) is 10.6. The minimum Gasteiger partial charge on any atom is -1.00 e. The molecule has 2 bridgehead atoms. The molecule has 0 amide bonds. The molecule has 4 aromatic rings. The van der Waals surface area contributed by atoms with Crippen LogP contribution in [0.4, 0.5) is 0 Å². The summed E-state index contributed by atoms with van der Waals surface area (Å²) in [5.41, 5.74) is 3.78. The second-order valence-corrected chi connectivity index (χ2v) is 7.16. The molecule has 5 nitrogen and oxygen atoms in total.